The maximum atomic E-state index is 13.3. The average Bonchev–Trinajstić information content (AvgIpc) is 2.73. The SMILES string of the molecule is CCOC(=O)/C(=C/N/C(=C\Nc1ccc(F)c(Cl)c1)C(=O)OC)c1ccccn1. The summed E-state index contributed by atoms with van der Waals surface area (Å²) in [6.07, 6.45) is 4.12. The fourth-order valence-corrected chi connectivity index (χ4v) is 2.31. The lowest BCUT2D eigenvalue weighted by Crippen LogP contribution is -2.20. The molecule has 2 aromatic rings. The van der Waals surface area contributed by atoms with Gasteiger partial charge in [0.2, 0.25) is 0 Å². The maximum absolute atomic E-state index is 13.3. The first kappa shape index (κ1) is 21.9. The standard InChI is InChI=1S/C20H19ClFN3O4/c1-3-29-19(26)14(17-6-4-5-9-23-17)11-25-18(20(27)28-2)12-24-13-7-8-16(22)15(21)10-13/h4-12,24-25H,3H2,1-2H3/b14-11+,18-12-. The van der Waals surface area contributed by atoms with Gasteiger partial charge in [-0.3, -0.25) is 4.98 Å². The van der Waals surface area contributed by atoms with Crippen LogP contribution in [0.1, 0.15) is 12.6 Å². The molecule has 7 nitrogen and oxygen atoms in total. The molecule has 0 bridgehead atoms. The lowest BCUT2D eigenvalue weighted by Gasteiger charge is -2.10. The Labute approximate surface area is 172 Å². The Morgan fingerprint density at radius 2 is 2.00 bits per heavy atom. The molecule has 2 N–H and O–H groups in total. The molecule has 0 aliphatic heterocycles. The van der Waals surface area contributed by atoms with Crippen LogP contribution in [0.4, 0.5) is 10.1 Å². The van der Waals surface area contributed by atoms with Gasteiger partial charge in [0.1, 0.15) is 17.1 Å². The minimum Gasteiger partial charge on any atom is -0.464 e. The molecule has 0 aliphatic rings. The molecule has 0 aliphatic carbocycles. The minimum absolute atomic E-state index is 0.0225. The molecule has 0 atom stereocenters. The molecule has 9 heteroatoms. The van der Waals surface area contributed by atoms with Crippen molar-refractivity contribution in [2.75, 3.05) is 19.0 Å². The average molecular weight is 420 g/mol. The number of nitrogens with zero attached hydrogens (tertiary/aromatic N) is 1. The molecule has 1 heterocycles. The summed E-state index contributed by atoms with van der Waals surface area (Å²) in [5.41, 5.74) is 0.901. The van der Waals surface area contributed by atoms with Crippen LogP contribution >= 0.6 is 11.6 Å². The van der Waals surface area contributed by atoms with Crippen molar-refractivity contribution < 1.29 is 23.5 Å². The lowest BCUT2D eigenvalue weighted by molar-refractivity contribution is -0.137. The molecule has 0 fully saturated rings. The van der Waals surface area contributed by atoms with E-state index in [1.807, 2.05) is 0 Å². The smallest absolute Gasteiger partial charge is 0.355 e. The molecule has 0 radical (unpaired) electrons. The molecule has 1 aromatic heterocycles. The van der Waals surface area contributed by atoms with Crippen LogP contribution in [-0.2, 0) is 19.1 Å². The zero-order chi connectivity index (χ0) is 21.2. The number of anilines is 1. The predicted octanol–water partition coefficient (Wildman–Crippen LogP) is 3.49. The highest BCUT2D eigenvalue weighted by atomic mass is 35.5. The number of hydrogen-bond acceptors (Lipinski definition) is 7. The fourth-order valence-electron chi connectivity index (χ4n) is 2.13. The first-order valence-electron chi connectivity index (χ1n) is 8.51. The predicted molar refractivity (Wildman–Crippen MR) is 107 cm³/mol. The third-order valence-electron chi connectivity index (χ3n) is 3.52. The molecule has 29 heavy (non-hydrogen) atoms. The fraction of sp³-hybridized carbons (Fsp3) is 0.150. The van der Waals surface area contributed by atoms with Crippen LogP contribution in [-0.4, -0.2) is 30.6 Å². The second-order valence-corrected chi connectivity index (χ2v) is 5.87. The van der Waals surface area contributed by atoms with E-state index in [0.29, 0.717) is 11.4 Å². The van der Waals surface area contributed by atoms with Gasteiger partial charge in [0, 0.05) is 24.3 Å². The van der Waals surface area contributed by atoms with Crippen molar-refractivity contribution in [2.45, 2.75) is 6.92 Å². The number of carbonyl (C=O) groups is 2. The molecule has 0 unspecified atom stereocenters. The van der Waals surface area contributed by atoms with E-state index in [-0.39, 0.29) is 22.9 Å². The summed E-state index contributed by atoms with van der Waals surface area (Å²) in [6, 6.07) is 9.04. The molecule has 0 saturated carbocycles. The van der Waals surface area contributed by atoms with E-state index in [0.717, 1.165) is 0 Å². The minimum atomic E-state index is -0.703. The Morgan fingerprint density at radius 3 is 2.62 bits per heavy atom. The maximum Gasteiger partial charge on any atom is 0.355 e. The molecule has 0 amide bonds. The van der Waals surface area contributed by atoms with Crippen LogP contribution in [0.5, 0.6) is 0 Å². The van der Waals surface area contributed by atoms with Crippen molar-refractivity contribution in [1.29, 1.82) is 0 Å². The van der Waals surface area contributed by atoms with Crippen molar-refractivity contribution >= 4 is 34.8 Å². The Bertz CT molecular complexity index is 933. The highest BCUT2D eigenvalue weighted by Crippen LogP contribution is 2.19. The highest BCUT2D eigenvalue weighted by molar-refractivity contribution is 6.31. The van der Waals surface area contributed by atoms with E-state index in [1.165, 1.54) is 43.9 Å². The van der Waals surface area contributed by atoms with Crippen molar-refractivity contribution in [3.8, 4) is 0 Å². The summed E-state index contributed by atoms with van der Waals surface area (Å²) in [7, 11) is 1.21. The molecule has 152 valence electrons. The van der Waals surface area contributed by atoms with Crippen LogP contribution in [0, 0.1) is 5.82 Å². The summed E-state index contributed by atoms with van der Waals surface area (Å²) < 4.78 is 23.0. The molecular formula is C20H19ClFN3O4. The van der Waals surface area contributed by atoms with Crippen LogP contribution in [0.3, 0.4) is 0 Å². The summed E-state index contributed by atoms with van der Waals surface area (Å²) in [5.74, 6) is -1.88. The van der Waals surface area contributed by atoms with E-state index < -0.39 is 17.8 Å². The van der Waals surface area contributed by atoms with Gasteiger partial charge in [-0.2, -0.15) is 0 Å². The monoisotopic (exact) mass is 419 g/mol. The van der Waals surface area contributed by atoms with Gasteiger partial charge in [-0.1, -0.05) is 17.7 Å². The first-order valence-corrected chi connectivity index (χ1v) is 8.89. The van der Waals surface area contributed by atoms with Gasteiger partial charge < -0.3 is 20.1 Å². The molecule has 0 spiro atoms. The largest absolute Gasteiger partial charge is 0.464 e. The van der Waals surface area contributed by atoms with Crippen LogP contribution < -0.4 is 10.6 Å². The molecular weight excluding hydrogens is 401 g/mol. The van der Waals surface area contributed by atoms with Crippen LogP contribution in [0.15, 0.2) is 60.7 Å². The highest BCUT2D eigenvalue weighted by Gasteiger charge is 2.16. The Balaban J connectivity index is 2.29. The summed E-state index contributed by atoms with van der Waals surface area (Å²) in [6.45, 7) is 1.86. The molecule has 1 aromatic carbocycles. The van der Waals surface area contributed by atoms with E-state index in [2.05, 4.69) is 15.6 Å². The number of rotatable bonds is 8. The summed E-state index contributed by atoms with van der Waals surface area (Å²) >= 11 is 5.74. The number of esters is 2. The topological polar surface area (TPSA) is 89.6 Å². The van der Waals surface area contributed by atoms with Crippen LogP contribution in [0.25, 0.3) is 5.57 Å². The number of nitrogens with one attached hydrogen (secondary N) is 2. The normalized spacial score (nSPS) is 11.6. The van der Waals surface area contributed by atoms with Crippen molar-refractivity contribution in [3.63, 3.8) is 0 Å². The number of hydrogen-bond donors (Lipinski definition) is 2. The second kappa shape index (κ2) is 10.8. The van der Waals surface area contributed by atoms with Crippen molar-refractivity contribution in [1.82, 2.24) is 10.3 Å². The quantitative estimate of drug-likeness (QED) is 0.500. The lowest BCUT2D eigenvalue weighted by atomic mass is 10.2. The number of aromatic nitrogens is 1. The van der Waals surface area contributed by atoms with E-state index >= 15 is 0 Å². The van der Waals surface area contributed by atoms with Gasteiger partial charge in [0.25, 0.3) is 0 Å². The second-order valence-electron chi connectivity index (χ2n) is 5.46. The van der Waals surface area contributed by atoms with Crippen molar-refractivity contribution in [3.05, 3.63) is 77.2 Å². The Morgan fingerprint density at radius 1 is 1.21 bits per heavy atom. The summed E-state index contributed by atoms with van der Waals surface area (Å²) in [5, 5.41) is 5.45. The van der Waals surface area contributed by atoms with Gasteiger partial charge in [0.15, 0.2) is 0 Å². The summed E-state index contributed by atoms with van der Waals surface area (Å²) in [4.78, 5) is 28.5. The zero-order valence-electron chi connectivity index (χ0n) is 15.7. The number of benzene rings is 1. The number of halogens is 2. The first-order chi connectivity index (χ1) is 14.0. The van der Waals surface area contributed by atoms with Gasteiger partial charge in [-0.25, -0.2) is 14.0 Å². The third kappa shape index (κ3) is 6.32. The van der Waals surface area contributed by atoms with Crippen LogP contribution in [0.2, 0.25) is 5.02 Å². The van der Waals surface area contributed by atoms with Gasteiger partial charge in [0.05, 0.1) is 24.4 Å². The Hall–Kier alpha value is -3.39. The third-order valence-corrected chi connectivity index (χ3v) is 3.81. The number of ether oxygens (including phenoxy) is 2. The number of methoxy groups -OCH3 is 1. The zero-order valence-corrected chi connectivity index (χ0v) is 16.5. The van der Waals surface area contributed by atoms with Gasteiger partial charge in [-0.15, -0.1) is 0 Å². The number of carbonyl (C=O) groups excluding carboxylic acids is 2. The van der Waals surface area contributed by atoms with E-state index in [1.54, 1.807) is 25.1 Å². The molecule has 0 saturated heterocycles. The van der Waals surface area contributed by atoms with Gasteiger partial charge in [-0.05, 0) is 37.3 Å². The van der Waals surface area contributed by atoms with E-state index in [9.17, 15) is 14.0 Å². The number of pyridine rings is 1. The Kier molecular flexibility index (Phi) is 8.17. The van der Waals surface area contributed by atoms with Crippen molar-refractivity contribution in [2.24, 2.45) is 0 Å². The van der Waals surface area contributed by atoms with Gasteiger partial charge >= 0.3 is 11.9 Å². The van der Waals surface area contributed by atoms with E-state index in [4.69, 9.17) is 21.1 Å². The molecule has 2 rings (SSSR count).